The predicted octanol–water partition coefficient (Wildman–Crippen LogP) is 0.446. The lowest BCUT2D eigenvalue weighted by molar-refractivity contribution is 0.0679. The zero-order valence-corrected chi connectivity index (χ0v) is 13.9. The van der Waals surface area contributed by atoms with Crippen molar-refractivity contribution in [2.75, 3.05) is 51.8 Å². The van der Waals surface area contributed by atoms with Gasteiger partial charge < -0.3 is 14.9 Å². The Bertz CT molecular complexity index is 365. The van der Waals surface area contributed by atoms with Gasteiger partial charge in [-0.3, -0.25) is 0 Å². The number of piperidine rings is 1. The summed E-state index contributed by atoms with van der Waals surface area (Å²) < 4.78 is 22.1. The number of β-amino-alcohol motifs (C(OH)–C–C–N with tert-alkyl or cyclic N) is 1. The molecule has 0 aromatic carbocycles. The standard InChI is InChI=1S/C14H30N2O3S/c1-13-5-8-16(9-6-13)12-14(17)11-15(2)7-4-10-20(3,18)19/h13-14,17H,4-12H2,1-3H3. The van der Waals surface area contributed by atoms with Gasteiger partial charge in [-0.25, -0.2) is 8.42 Å². The number of aliphatic hydroxyl groups is 1. The second kappa shape index (κ2) is 8.32. The summed E-state index contributed by atoms with van der Waals surface area (Å²) in [7, 11) is -0.939. The summed E-state index contributed by atoms with van der Waals surface area (Å²) in [6.45, 7) is 6.48. The van der Waals surface area contributed by atoms with Crippen molar-refractivity contribution in [3.8, 4) is 0 Å². The van der Waals surface area contributed by atoms with Gasteiger partial charge in [-0.2, -0.15) is 0 Å². The predicted molar refractivity (Wildman–Crippen MR) is 82.7 cm³/mol. The molecule has 1 unspecified atom stereocenters. The zero-order chi connectivity index (χ0) is 15.2. The molecule has 1 atom stereocenters. The van der Waals surface area contributed by atoms with E-state index in [0.29, 0.717) is 19.5 Å². The van der Waals surface area contributed by atoms with E-state index in [1.165, 1.54) is 19.1 Å². The number of aliphatic hydroxyl groups excluding tert-OH is 1. The van der Waals surface area contributed by atoms with Crippen LogP contribution in [0.5, 0.6) is 0 Å². The fraction of sp³-hybridized carbons (Fsp3) is 1.00. The summed E-state index contributed by atoms with van der Waals surface area (Å²) >= 11 is 0. The number of likely N-dealkylation sites (N-methyl/N-ethyl adjacent to an activating group) is 1. The molecule has 1 fully saturated rings. The molecule has 0 spiro atoms. The Hall–Kier alpha value is -0.170. The highest BCUT2D eigenvalue weighted by atomic mass is 32.2. The molecule has 0 saturated carbocycles. The average Bonchev–Trinajstić information content (AvgIpc) is 2.30. The maximum absolute atomic E-state index is 11.0. The Morgan fingerprint density at radius 2 is 1.95 bits per heavy atom. The van der Waals surface area contributed by atoms with E-state index in [1.54, 1.807) is 0 Å². The molecule has 20 heavy (non-hydrogen) atoms. The number of nitrogens with zero attached hydrogens (tertiary/aromatic N) is 2. The molecule has 6 heteroatoms. The summed E-state index contributed by atoms with van der Waals surface area (Å²) in [5.74, 6) is 1.03. The van der Waals surface area contributed by atoms with Gasteiger partial charge in [-0.15, -0.1) is 0 Å². The highest BCUT2D eigenvalue weighted by molar-refractivity contribution is 7.90. The smallest absolute Gasteiger partial charge is 0.147 e. The van der Waals surface area contributed by atoms with E-state index in [4.69, 9.17) is 0 Å². The van der Waals surface area contributed by atoms with Gasteiger partial charge in [0.25, 0.3) is 0 Å². The van der Waals surface area contributed by atoms with E-state index in [0.717, 1.165) is 25.6 Å². The molecule has 0 aromatic rings. The van der Waals surface area contributed by atoms with Crippen LogP contribution in [-0.2, 0) is 9.84 Å². The molecule has 0 aromatic heterocycles. The molecule has 0 radical (unpaired) electrons. The topological polar surface area (TPSA) is 60.9 Å². The molecule has 1 N–H and O–H groups in total. The molecular weight excluding hydrogens is 276 g/mol. The number of sulfone groups is 1. The van der Waals surface area contributed by atoms with Crippen molar-refractivity contribution in [1.82, 2.24) is 9.80 Å². The van der Waals surface area contributed by atoms with Crippen LogP contribution in [0, 0.1) is 5.92 Å². The Morgan fingerprint density at radius 3 is 2.50 bits per heavy atom. The zero-order valence-electron chi connectivity index (χ0n) is 13.1. The molecule has 1 rings (SSSR count). The largest absolute Gasteiger partial charge is 0.390 e. The Balaban J connectivity index is 2.16. The summed E-state index contributed by atoms with van der Waals surface area (Å²) in [5.41, 5.74) is 0. The summed E-state index contributed by atoms with van der Waals surface area (Å²) in [4.78, 5) is 4.34. The lowest BCUT2D eigenvalue weighted by Crippen LogP contribution is -2.42. The highest BCUT2D eigenvalue weighted by Crippen LogP contribution is 2.16. The van der Waals surface area contributed by atoms with Crippen LogP contribution in [0.4, 0.5) is 0 Å². The minimum Gasteiger partial charge on any atom is -0.390 e. The molecule has 0 aliphatic carbocycles. The van der Waals surface area contributed by atoms with E-state index in [1.807, 2.05) is 11.9 Å². The van der Waals surface area contributed by atoms with Crippen molar-refractivity contribution in [2.24, 2.45) is 5.92 Å². The normalized spacial score (nSPS) is 20.4. The van der Waals surface area contributed by atoms with E-state index in [2.05, 4.69) is 11.8 Å². The Kier molecular flexibility index (Phi) is 7.43. The fourth-order valence-corrected chi connectivity index (χ4v) is 3.30. The van der Waals surface area contributed by atoms with Crippen LogP contribution >= 0.6 is 0 Å². The van der Waals surface area contributed by atoms with Gasteiger partial charge in [-0.05, 0) is 51.9 Å². The molecule has 120 valence electrons. The fourth-order valence-electron chi connectivity index (χ4n) is 2.65. The second-order valence-corrected chi connectivity index (χ2v) is 8.64. The number of likely N-dealkylation sites (tertiary alicyclic amines) is 1. The lowest BCUT2D eigenvalue weighted by atomic mass is 9.99. The van der Waals surface area contributed by atoms with Gasteiger partial charge in [0, 0.05) is 19.3 Å². The van der Waals surface area contributed by atoms with Crippen LogP contribution in [0.15, 0.2) is 0 Å². The highest BCUT2D eigenvalue weighted by Gasteiger charge is 2.19. The molecular formula is C14H30N2O3S. The molecule has 1 aliphatic heterocycles. The molecule has 1 saturated heterocycles. The molecule has 1 heterocycles. The van der Waals surface area contributed by atoms with Gasteiger partial charge in [0.15, 0.2) is 0 Å². The van der Waals surface area contributed by atoms with Gasteiger partial charge in [0.05, 0.1) is 11.9 Å². The van der Waals surface area contributed by atoms with Crippen LogP contribution in [-0.4, -0.2) is 81.2 Å². The molecule has 5 nitrogen and oxygen atoms in total. The minimum absolute atomic E-state index is 0.220. The third-order valence-electron chi connectivity index (χ3n) is 3.92. The first-order chi connectivity index (χ1) is 9.26. The number of hydrogen-bond acceptors (Lipinski definition) is 5. The van der Waals surface area contributed by atoms with E-state index in [9.17, 15) is 13.5 Å². The maximum atomic E-state index is 11.0. The van der Waals surface area contributed by atoms with Crippen molar-refractivity contribution < 1.29 is 13.5 Å². The summed E-state index contributed by atoms with van der Waals surface area (Å²) in [6.07, 6.45) is 3.97. The van der Waals surface area contributed by atoms with Crippen molar-refractivity contribution in [3.63, 3.8) is 0 Å². The van der Waals surface area contributed by atoms with Crippen LogP contribution in [0.3, 0.4) is 0 Å². The van der Waals surface area contributed by atoms with Crippen LogP contribution in [0.1, 0.15) is 26.2 Å². The molecule has 1 aliphatic rings. The Labute approximate surface area is 123 Å². The van der Waals surface area contributed by atoms with Gasteiger partial charge in [0.2, 0.25) is 0 Å². The van der Waals surface area contributed by atoms with Gasteiger partial charge in [-0.1, -0.05) is 6.92 Å². The number of rotatable bonds is 8. The third kappa shape index (κ3) is 8.19. The van der Waals surface area contributed by atoms with Gasteiger partial charge >= 0.3 is 0 Å². The van der Waals surface area contributed by atoms with E-state index < -0.39 is 9.84 Å². The Morgan fingerprint density at radius 1 is 1.35 bits per heavy atom. The lowest BCUT2D eigenvalue weighted by Gasteiger charge is -2.32. The first-order valence-corrected chi connectivity index (χ1v) is 9.59. The quantitative estimate of drug-likeness (QED) is 0.705. The summed E-state index contributed by atoms with van der Waals surface area (Å²) in [5, 5.41) is 10.1. The van der Waals surface area contributed by atoms with E-state index >= 15 is 0 Å². The molecule has 0 bridgehead atoms. The molecule has 0 amide bonds. The van der Waals surface area contributed by atoms with Crippen LogP contribution in [0.25, 0.3) is 0 Å². The first kappa shape index (κ1) is 17.9. The van der Waals surface area contributed by atoms with E-state index in [-0.39, 0.29) is 11.9 Å². The SMILES string of the molecule is CC1CCN(CC(O)CN(C)CCCS(C)(=O)=O)CC1. The third-order valence-corrected chi connectivity index (χ3v) is 4.95. The van der Waals surface area contributed by atoms with Crippen molar-refractivity contribution in [3.05, 3.63) is 0 Å². The second-order valence-electron chi connectivity index (χ2n) is 6.38. The van der Waals surface area contributed by atoms with Crippen LogP contribution in [0.2, 0.25) is 0 Å². The van der Waals surface area contributed by atoms with Crippen molar-refractivity contribution in [1.29, 1.82) is 0 Å². The average molecular weight is 306 g/mol. The van der Waals surface area contributed by atoms with Crippen LogP contribution < -0.4 is 0 Å². The van der Waals surface area contributed by atoms with Gasteiger partial charge in [0.1, 0.15) is 9.84 Å². The minimum atomic E-state index is -2.87. The monoisotopic (exact) mass is 306 g/mol. The summed E-state index contributed by atoms with van der Waals surface area (Å²) in [6, 6.07) is 0. The van der Waals surface area contributed by atoms with Crippen molar-refractivity contribution >= 4 is 9.84 Å². The van der Waals surface area contributed by atoms with Crippen molar-refractivity contribution in [2.45, 2.75) is 32.3 Å². The number of hydrogen-bond donors (Lipinski definition) is 1. The first-order valence-electron chi connectivity index (χ1n) is 7.53. The maximum Gasteiger partial charge on any atom is 0.147 e.